The van der Waals surface area contributed by atoms with Crippen molar-refractivity contribution in [2.75, 3.05) is 25.2 Å². The Morgan fingerprint density at radius 3 is 2.55 bits per heavy atom. The van der Waals surface area contributed by atoms with Crippen LogP contribution in [0.15, 0.2) is 51.8 Å². The topological polar surface area (TPSA) is 118 Å². The summed E-state index contributed by atoms with van der Waals surface area (Å²) < 4.78 is 43.7. The maximum Gasteiger partial charge on any atom is 0.243 e. The summed E-state index contributed by atoms with van der Waals surface area (Å²) in [5.74, 6) is 1.86. The monoisotopic (exact) mass is 466 g/mol. The molecule has 3 aromatic rings. The molecule has 3 heterocycles. The number of piperidine rings is 1. The van der Waals surface area contributed by atoms with E-state index in [0.717, 1.165) is 24.8 Å². The van der Waals surface area contributed by atoms with Crippen molar-refractivity contribution >= 4 is 15.9 Å². The number of nitrogens with one attached hydrogen (secondary N) is 1. The van der Waals surface area contributed by atoms with E-state index in [1.54, 1.807) is 24.3 Å². The largest absolute Gasteiger partial charge is 0.454 e. The zero-order valence-corrected chi connectivity index (χ0v) is 18.6. The van der Waals surface area contributed by atoms with Gasteiger partial charge in [0.1, 0.15) is 6.07 Å². The molecule has 0 amide bonds. The zero-order valence-electron chi connectivity index (χ0n) is 17.8. The highest BCUT2D eigenvalue weighted by atomic mass is 32.2. The molecule has 170 valence electrons. The minimum atomic E-state index is -3.51. The van der Waals surface area contributed by atoms with Crippen LogP contribution in [0.25, 0.3) is 11.5 Å². The van der Waals surface area contributed by atoms with Crippen LogP contribution in [0.3, 0.4) is 0 Å². The number of hydrogen-bond donors (Lipinski definition) is 1. The van der Waals surface area contributed by atoms with Gasteiger partial charge in [-0.1, -0.05) is 12.5 Å². The number of ether oxygens (including phenoxy) is 2. The summed E-state index contributed by atoms with van der Waals surface area (Å²) in [5, 5.41) is 12.6. The molecule has 0 unspecified atom stereocenters. The van der Waals surface area contributed by atoms with Crippen LogP contribution in [0.4, 0.5) is 5.88 Å². The van der Waals surface area contributed by atoms with Crippen LogP contribution >= 0.6 is 0 Å². The van der Waals surface area contributed by atoms with Crippen molar-refractivity contribution in [3.63, 3.8) is 0 Å². The Hall–Kier alpha value is -3.55. The fourth-order valence-corrected chi connectivity index (χ4v) is 5.41. The second-order valence-electron chi connectivity index (χ2n) is 7.84. The molecule has 1 N–H and O–H groups in total. The molecule has 10 heteroatoms. The molecule has 1 saturated heterocycles. The lowest BCUT2D eigenvalue weighted by Crippen LogP contribution is -2.35. The molecule has 9 nitrogen and oxygen atoms in total. The Morgan fingerprint density at radius 2 is 1.79 bits per heavy atom. The third-order valence-corrected chi connectivity index (χ3v) is 7.59. The van der Waals surface area contributed by atoms with Gasteiger partial charge in [-0.25, -0.2) is 8.42 Å². The maximum absolute atomic E-state index is 12.8. The Balaban J connectivity index is 1.32. The van der Waals surface area contributed by atoms with Gasteiger partial charge in [0.2, 0.25) is 34.3 Å². The summed E-state index contributed by atoms with van der Waals surface area (Å²) in [4.78, 5) is 4.49. The van der Waals surface area contributed by atoms with Gasteiger partial charge >= 0.3 is 0 Å². The third kappa shape index (κ3) is 4.25. The molecular formula is C23H22N4O5S. The number of anilines is 1. The number of fused-ring (bicyclic) bond motifs is 1. The predicted molar refractivity (Wildman–Crippen MR) is 119 cm³/mol. The van der Waals surface area contributed by atoms with E-state index in [-0.39, 0.29) is 29.2 Å². The number of aromatic nitrogens is 1. The first-order valence-electron chi connectivity index (χ1n) is 10.7. The van der Waals surface area contributed by atoms with Crippen molar-refractivity contribution in [1.29, 1.82) is 5.26 Å². The number of sulfonamides is 1. The summed E-state index contributed by atoms with van der Waals surface area (Å²) in [6.07, 6.45) is 2.82. The van der Waals surface area contributed by atoms with Gasteiger partial charge in [0.05, 0.1) is 4.90 Å². The minimum Gasteiger partial charge on any atom is -0.454 e. The molecule has 1 fully saturated rings. The van der Waals surface area contributed by atoms with Crippen LogP contribution in [0.1, 0.15) is 30.5 Å². The van der Waals surface area contributed by atoms with E-state index in [2.05, 4.69) is 10.3 Å². The quantitative estimate of drug-likeness (QED) is 0.584. The molecule has 0 saturated carbocycles. The Kier molecular flexibility index (Phi) is 5.66. The van der Waals surface area contributed by atoms with Crippen molar-refractivity contribution in [2.24, 2.45) is 0 Å². The van der Waals surface area contributed by atoms with Crippen LogP contribution in [0, 0.1) is 11.3 Å². The van der Waals surface area contributed by atoms with Crippen molar-refractivity contribution in [1.82, 2.24) is 9.29 Å². The smallest absolute Gasteiger partial charge is 0.243 e. The molecule has 33 heavy (non-hydrogen) atoms. The van der Waals surface area contributed by atoms with Gasteiger partial charge in [-0.15, -0.1) is 0 Å². The van der Waals surface area contributed by atoms with Crippen LogP contribution in [-0.2, 0) is 16.6 Å². The molecule has 0 spiro atoms. The van der Waals surface area contributed by atoms with Crippen molar-refractivity contribution < 1.29 is 22.3 Å². The molecular weight excluding hydrogens is 444 g/mol. The van der Waals surface area contributed by atoms with Crippen molar-refractivity contribution in [2.45, 2.75) is 30.7 Å². The molecule has 1 aromatic heterocycles. The number of benzene rings is 2. The van der Waals surface area contributed by atoms with E-state index in [1.165, 1.54) is 4.31 Å². The number of nitriles is 1. The number of oxazole rings is 1. The predicted octanol–water partition coefficient (Wildman–Crippen LogP) is 3.73. The van der Waals surface area contributed by atoms with Crippen LogP contribution < -0.4 is 14.8 Å². The van der Waals surface area contributed by atoms with E-state index in [0.29, 0.717) is 36.7 Å². The standard InChI is InChI=1S/C23H22N4O5S/c24-13-19-23(25-14-16-4-9-20-21(12-16)31-15-30-20)32-22(26-19)17-5-7-18(8-6-17)33(28,29)27-10-2-1-3-11-27/h4-9,12,25H,1-3,10-11,14-15H2. The molecule has 0 radical (unpaired) electrons. The summed E-state index contributed by atoms with van der Waals surface area (Å²) in [5.41, 5.74) is 1.63. The summed E-state index contributed by atoms with van der Waals surface area (Å²) in [6, 6.07) is 14.0. The van der Waals surface area contributed by atoms with E-state index in [9.17, 15) is 13.7 Å². The van der Waals surface area contributed by atoms with Crippen LogP contribution in [0.2, 0.25) is 0 Å². The van der Waals surface area contributed by atoms with Gasteiger partial charge in [0.15, 0.2) is 11.5 Å². The molecule has 5 rings (SSSR count). The van der Waals surface area contributed by atoms with Crippen LogP contribution in [-0.4, -0.2) is 37.6 Å². The van der Waals surface area contributed by atoms with Crippen molar-refractivity contribution in [3.05, 3.63) is 53.7 Å². The Labute approximate surface area is 191 Å². The lowest BCUT2D eigenvalue weighted by molar-refractivity contribution is 0.174. The van der Waals surface area contributed by atoms with E-state index in [1.807, 2.05) is 24.3 Å². The van der Waals surface area contributed by atoms with Crippen molar-refractivity contribution in [3.8, 4) is 29.0 Å². The first-order valence-corrected chi connectivity index (χ1v) is 12.1. The van der Waals surface area contributed by atoms with Gasteiger partial charge in [-0.05, 0) is 54.8 Å². The van der Waals surface area contributed by atoms with Crippen LogP contribution in [0.5, 0.6) is 11.5 Å². The fraction of sp³-hybridized carbons (Fsp3) is 0.304. The van der Waals surface area contributed by atoms with Gasteiger partial charge in [-0.3, -0.25) is 0 Å². The Morgan fingerprint density at radius 1 is 1.03 bits per heavy atom. The average Bonchev–Trinajstić information content (AvgIpc) is 3.50. The lowest BCUT2D eigenvalue weighted by atomic mass is 10.2. The number of nitrogens with zero attached hydrogens (tertiary/aromatic N) is 3. The van der Waals surface area contributed by atoms with E-state index < -0.39 is 10.0 Å². The summed E-state index contributed by atoms with van der Waals surface area (Å²) >= 11 is 0. The van der Waals surface area contributed by atoms with E-state index in [4.69, 9.17) is 13.9 Å². The molecule has 2 aliphatic heterocycles. The summed E-state index contributed by atoms with van der Waals surface area (Å²) in [7, 11) is -3.51. The highest BCUT2D eigenvalue weighted by molar-refractivity contribution is 7.89. The molecule has 2 aromatic carbocycles. The molecule has 2 aliphatic rings. The number of hydrogen-bond acceptors (Lipinski definition) is 8. The van der Waals surface area contributed by atoms with Gasteiger partial charge in [-0.2, -0.15) is 14.6 Å². The second-order valence-corrected chi connectivity index (χ2v) is 9.78. The first-order chi connectivity index (χ1) is 16.0. The summed E-state index contributed by atoms with van der Waals surface area (Å²) in [6.45, 7) is 1.70. The first kappa shape index (κ1) is 21.3. The van der Waals surface area contributed by atoms with Gasteiger partial charge in [0.25, 0.3) is 0 Å². The zero-order chi connectivity index (χ0) is 22.8. The Bertz CT molecular complexity index is 1310. The molecule has 0 bridgehead atoms. The molecule has 0 atom stereocenters. The minimum absolute atomic E-state index is 0.121. The maximum atomic E-state index is 12.8. The van der Waals surface area contributed by atoms with Gasteiger partial charge < -0.3 is 19.2 Å². The lowest BCUT2D eigenvalue weighted by Gasteiger charge is -2.25. The second kappa shape index (κ2) is 8.77. The fourth-order valence-electron chi connectivity index (χ4n) is 3.90. The highest BCUT2D eigenvalue weighted by Gasteiger charge is 2.26. The third-order valence-electron chi connectivity index (χ3n) is 5.68. The molecule has 0 aliphatic carbocycles. The van der Waals surface area contributed by atoms with E-state index >= 15 is 0 Å². The van der Waals surface area contributed by atoms with Gasteiger partial charge in [0, 0.05) is 25.2 Å². The normalized spacial score (nSPS) is 15.8. The number of rotatable bonds is 6. The highest BCUT2D eigenvalue weighted by Crippen LogP contribution is 2.33. The SMILES string of the molecule is N#Cc1nc(-c2ccc(S(=O)(=O)N3CCCCC3)cc2)oc1NCc1ccc2c(c1)OCO2. The average molecular weight is 467 g/mol.